The average Bonchev–Trinajstić information content (AvgIpc) is 3.39. The molecule has 0 radical (unpaired) electrons. The van der Waals surface area contributed by atoms with E-state index in [2.05, 4.69) is 20.8 Å². The second-order valence-corrected chi connectivity index (χ2v) is 6.54. The van der Waals surface area contributed by atoms with E-state index in [-0.39, 0.29) is 16.3 Å². The Hall–Kier alpha value is -3.33. The van der Waals surface area contributed by atoms with Crippen molar-refractivity contribution in [2.24, 2.45) is 0 Å². The molecule has 0 unspecified atom stereocenters. The number of carbonyl (C=O) groups is 1. The van der Waals surface area contributed by atoms with E-state index in [1.165, 1.54) is 12.1 Å². The molecule has 0 bridgehead atoms. The molecule has 1 saturated carbocycles. The Balaban J connectivity index is 1.51. The lowest BCUT2D eigenvalue weighted by atomic mass is 10.1. The summed E-state index contributed by atoms with van der Waals surface area (Å²) in [6, 6.07) is 11.3. The van der Waals surface area contributed by atoms with Gasteiger partial charge in [0.2, 0.25) is 0 Å². The number of nitro benzene ring substituents is 1. The fourth-order valence-corrected chi connectivity index (χ4v) is 2.83. The zero-order chi connectivity index (χ0) is 19.0. The number of benzene rings is 2. The standard InChI is InChI=1S/C17H13ClN6O3/c18-14-8-3-11(9-15(14)24(26)27)17(25)19-12-4-1-10(2-5-12)16-20-21-22-23(16)13-6-7-13/h1-5,8-9,13H,6-7H2,(H,19,25). The van der Waals surface area contributed by atoms with E-state index in [1.807, 2.05) is 12.1 Å². The maximum atomic E-state index is 12.4. The Kier molecular flexibility index (Phi) is 4.28. The lowest BCUT2D eigenvalue weighted by Crippen LogP contribution is -2.12. The second kappa shape index (κ2) is 6.76. The van der Waals surface area contributed by atoms with Gasteiger partial charge in [0, 0.05) is 22.9 Å². The molecule has 136 valence electrons. The highest BCUT2D eigenvalue weighted by Crippen LogP contribution is 2.36. The van der Waals surface area contributed by atoms with Crippen LogP contribution in [0, 0.1) is 10.1 Å². The third-order valence-corrected chi connectivity index (χ3v) is 4.51. The van der Waals surface area contributed by atoms with Gasteiger partial charge in [0.05, 0.1) is 11.0 Å². The predicted octanol–water partition coefficient (Wildman–Crippen LogP) is 3.49. The van der Waals surface area contributed by atoms with Crippen molar-refractivity contribution in [3.05, 3.63) is 63.2 Å². The third-order valence-electron chi connectivity index (χ3n) is 4.19. The number of aromatic nitrogens is 4. The first kappa shape index (κ1) is 17.1. The normalized spacial score (nSPS) is 13.4. The van der Waals surface area contributed by atoms with Gasteiger partial charge in [0.1, 0.15) is 5.02 Å². The molecule has 4 rings (SSSR count). The Morgan fingerprint density at radius 1 is 1.22 bits per heavy atom. The molecule has 1 heterocycles. The van der Waals surface area contributed by atoms with Crippen LogP contribution in [0.25, 0.3) is 11.4 Å². The minimum absolute atomic E-state index is 0.0192. The van der Waals surface area contributed by atoms with E-state index in [9.17, 15) is 14.9 Å². The van der Waals surface area contributed by atoms with E-state index >= 15 is 0 Å². The summed E-state index contributed by atoms with van der Waals surface area (Å²) in [6.45, 7) is 0. The van der Waals surface area contributed by atoms with Crippen molar-refractivity contribution in [3.8, 4) is 11.4 Å². The predicted molar refractivity (Wildman–Crippen MR) is 97.6 cm³/mol. The number of carbonyl (C=O) groups excluding carboxylic acids is 1. The molecule has 9 nitrogen and oxygen atoms in total. The molecular formula is C17H13ClN6O3. The summed E-state index contributed by atoms with van der Waals surface area (Å²) >= 11 is 5.77. The number of tetrazole rings is 1. The molecule has 1 amide bonds. The number of halogens is 1. The van der Waals surface area contributed by atoms with E-state index < -0.39 is 10.8 Å². The average molecular weight is 385 g/mol. The van der Waals surface area contributed by atoms with Crippen LogP contribution in [0.3, 0.4) is 0 Å². The number of nitrogens with zero attached hydrogens (tertiary/aromatic N) is 5. The molecule has 1 aromatic heterocycles. The van der Waals surface area contributed by atoms with Crippen LogP contribution in [0.4, 0.5) is 11.4 Å². The summed E-state index contributed by atoms with van der Waals surface area (Å²) in [7, 11) is 0. The Bertz CT molecular complexity index is 1030. The van der Waals surface area contributed by atoms with Crippen LogP contribution >= 0.6 is 11.6 Å². The molecule has 2 aromatic carbocycles. The van der Waals surface area contributed by atoms with E-state index in [0.29, 0.717) is 17.6 Å². The Morgan fingerprint density at radius 2 is 1.96 bits per heavy atom. The fraction of sp³-hybridized carbons (Fsp3) is 0.176. The van der Waals surface area contributed by atoms with Crippen molar-refractivity contribution in [3.63, 3.8) is 0 Å². The van der Waals surface area contributed by atoms with Crippen LogP contribution in [0.1, 0.15) is 29.2 Å². The Morgan fingerprint density at radius 3 is 2.63 bits per heavy atom. The molecule has 1 aliphatic rings. The number of rotatable bonds is 5. The van der Waals surface area contributed by atoms with Crippen LogP contribution in [0.2, 0.25) is 5.02 Å². The molecular weight excluding hydrogens is 372 g/mol. The lowest BCUT2D eigenvalue weighted by Gasteiger charge is -2.07. The number of hydrogen-bond acceptors (Lipinski definition) is 6. The first-order valence-corrected chi connectivity index (χ1v) is 8.54. The summed E-state index contributed by atoms with van der Waals surface area (Å²) in [4.78, 5) is 22.7. The monoisotopic (exact) mass is 384 g/mol. The van der Waals surface area contributed by atoms with Gasteiger partial charge < -0.3 is 5.32 Å². The molecule has 1 N–H and O–H groups in total. The van der Waals surface area contributed by atoms with Crippen molar-refractivity contribution in [2.45, 2.75) is 18.9 Å². The van der Waals surface area contributed by atoms with Gasteiger partial charge in [-0.1, -0.05) is 11.6 Å². The summed E-state index contributed by atoms with van der Waals surface area (Å²) in [5, 5.41) is 25.4. The van der Waals surface area contributed by atoms with Crippen molar-refractivity contribution in [2.75, 3.05) is 5.32 Å². The van der Waals surface area contributed by atoms with Crippen LogP contribution in [0.15, 0.2) is 42.5 Å². The van der Waals surface area contributed by atoms with Crippen LogP contribution in [-0.4, -0.2) is 31.0 Å². The SMILES string of the molecule is O=C(Nc1ccc(-c2nnnn2C2CC2)cc1)c1ccc(Cl)c([N+](=O)[O-])c1. The van der Waals surface area contributed by atoms with Crippen molar-refractivity contribution < 1.29 is 9.72 Å². The number of nitrogens with one attached hydrogen (secondary N) is 1. The quantitative estimate of drug-likeness (QED) is 0.531. The zero-order valence-electron chi connectivity index (χ0n) is 13.9. The maximum Gasteiger partial charge on any atom is 0.288 e. The van der Waals surface area contributed by atoms with Gasteiger partial charge in [0.25, 0.3) is 11.6 Å². The van der Waals surface area contributed by atoms with E-state index in [1.54, 1.807) is 16.8 Å². The first-order chi connectivity index (χ1) is 13.0. The van der Waals surface area contributed by atoms with Gasteiger partial charge in [-0.2, -0.15) is 0 Å². The molecule has 0 saturated heterocycles. The molecule has 0 atom stereocenters. The summed E-state index contributed by atoms with van der Waals surface area (Å²) in [5.74, 6) is 0.217. The third kappa shape index (κ3) is 3.49. The van der Waals surface area contributed by atoms with Crippen LogP contribution in [-0.2, 0) is 0 Å². The molecule has 1 fully saturated rings. The van der Waals surface area contributed by atoms with Gasteiger partial charge in [-0.25, -0.2) is 4.68 Å². The highest BCUT2D eigenvalue weighted by molar-refractivity contribution is 6.32. The minimum Gasteiger partial charge on any atom is -0.322 e. The maximum absolute atomic E-state index is 12.4. The van der Waals surface area contributed by atoms with E-state index in [0.717, 1.165) is 24.5 Å². The number of nitro groups is 1. The number of hydrogen-bond donors (Lipinski definition) is 1. The fourth-order valence-electron chi connectivity index (χ4n) is 2.65. The summed E-state index contributed by atoms with van der Waals surface area (Å²) in [5.41, 5.74) is 1.22. The molecule has 0 aliphatic heterocycles. The largest absolute Gasteiger partial charge is 0.322 e. The topological polar surface area (TPSA) is 116 Å². The summed E-state index contributed by atoms with van der Waals surface area (Å²) in [6.07, 6.45) is 2.14. The van der Waals surface area contributed by atoms with Crippen molar-refractivity contribution in [1.29, 1.82) is 0 Å². The van der Waals surface area contributed by atoms with Gasteiger partial charge in [-0.15, -0.1) is 5.10 Å². The zero-order valence-corrected chi connectivity index (χ0v) is 14.6. The molecule has 10 heteroatoms. The lowest BCUT2D eigenvalue weighted by molar-refractivity contribution is -0.384. The van der Waals surface area contributed by atoms with Crippen molar-refractivity contribution in [1.82, 2.24) is 20.2 Å². The van der Waals surface area contributed by atoms with Gasteiger partial charge >= 0.3 is 0 Å². The molecule has 1 aliphatic carbocycles. The second-order valence-electron chi connectivity index (χ2n) is 6.13. The van der Waals surface area contributed by atoms with E-state index in [4.69, 9.17) is 11.6 Å². The highest BCUT2D eigenvalue weighted by Gasteiger charge is 2.28. The minimum atomic E-state index is -0.627. The number of amides is 1. The van der Waals surface area contributed by atoms with Crippen LogP contribution < -0.4 is 5.32 Å². The number of anilines is 1. The van der Waals surface area contributed by atoms with Gasteiger partial charge in [0.15, 0.2) is 5.82 Å². The van der Waals surface area contributed by atoms with Crippen molar-refractivity contribution >= 4 is 28.9 Å². The van der Waals surface area contributed by atoms with Gasteiger partial charge in [-0.05, 0) is 59.7 Å². The first-order valence-electron chi connectivity index (χ1n) is 8.16. The summed E-state index contributed by atoms with van der Waals surface area (Å²) < 4.78 is 1.81. The smallest absolute Gasteiger partial charge is 0.288 e. The molecule has 27 heavy (non-hydrogen) atoms. The van der Waals surface area contributed by atoms with Gasteiger partial charge in [-0.3, -0.25) is 14.9 Å². The highest BCUT2D eigenvalue weighted by atomic mass is 35.5. The molecule has 3 aromatic rings. The molecule has 0 spiro atoms. The van der Waals surface area contributed by atoms with Crippen LogP contribution in [0.5, 0.6) is 0 Å². The Labute approximate surface area is 158 Å².